The monoisotopic (exact) mass is 414 g/mol. The van der Waals surface area contributed by atoms with Crippen LogP contribution in [0.1, 0.15) is 27.2 Å². The summed E-state index contributed by atoms with van der Waals surface area (Å²) in [6.07, 6.45) is 0. The van der Waals surface area contributed by atoms with E-state index in [-0.39, 0.29) is 16.3 Å². The lowest BCUT2D eigenvalue weighted by molar-refractivity contribution is -0.384. The van der Waals surface area contributed by atoms with Gasteiger partial charge in [-0.15, -0.1) is 0 Å². The molecular formula is C19H15ClN4O3S. The van der Waals surface area contributed by atoms with Gasteiger partial charge in [-0.3, -0.25) is 14.9 Å². The Morgan fingerprint density at radius 3 is 2.71 bits per heavy atom. The molecule has 0 atom stereocenters. The number of rotatable bonds is 4. The van der Waals surface area contributed by atoms with Crippen LogP contribution in [0.25, 0.3) is 5.69 Å². The predicted octanol–water partition coefficient (Wildman–Crippen LogP) is 4.74. The smallest absolute Gasteiger partial charge is 0.270 e. The molecule has 0 aliphatic carbocycles. The first-order chi connectivity index (χ1) is 13.4. The summed E-state index contributed by atoms with van der Waals surface area (Å²) in [5.41, 5.74) is 3.68. The van der Waals surface area contributed by atoms with E-state index >= 15 is 0 Å². The van der Waals surface area contributed by atoms with Crippen molar-refractivity contribution in [3.63, 3.8) is 0 Å². The van der Waals surface area contributed by atoms with E-state index < -0.39 is 10.8 Å². The summed E-state index contributed by atoms with van der Waals surface area (Å²) in [5.74, 6) is 1.56. The van der Waals surface area contributed by atoms with Crippen molar-refractivity contribution in [2.24, 2.45) is 0 Å². The number of nitro benzene ring substituents is 1. The molecule has 9 heteroatoms. The van der Waals surface area contributed by atoms with Crippen LogP contribution in [0.5, 0.6) is 0 Å². The van der Waals surface area contributed by atoms with Gasteiger partial charge in [0, 0.05) is 29.2 Å². The molecule has 1 aliphatic rings. The molecule has 0 unspecified atom stereocenters. The first-order valence-electron chi connectivity index (χ1n) is 8.45. The molecular weight excluding hydrogens is 400 g/mol. The van der Waals surface area contributed by atoms with Gasteiger partial charge in [0.2, 0.25) is 0 Å². The third kappa shape index (κ3) is 3.36. The van der Waals surface area contributed by atoms with E-state index in [0.717, 1.165) is 34.0 Å². The molecule has 28 heavy (non-hydrogen) atoms. The number of nitrogens with zero attached hydrogens (tertiary/aromatic N) is 3. The van der Waals surface area contributed by atoms with Gasteiger partial charge >= 0.3 is 0 Å². The van der Waals surface area contributed by atoms with Gasteiger partial charge in [0.05, 0.1) is 26.9 Å². The Morgan fingerprint density at radius 1 is 1.25 bits per heavy atom. The Bertz CT molecular complexity index is 1100. The van der Waals surface area contributed by atoms with Gasteiger partial charge < -0.3 is 5.32 Å². The molecule has 2 heterocycles. The highest BCUT2D eigenvalue weighted by atomic mass is 35.5. The van der Waals surface area contributed by atoms with Crippen LogP contribution in [0, 0.1) is 17.0 Å². The zero-order valence-electron chi connectivity index (χ0n) is 14.8. The fourth-order valence-corrected chi connectivity index (χ4v) is 4.23. The number of benzene rings is 2. The highest BCUT2D eigenvalue weighted by Crippen LogP contribution is 2.36. The third-order valence-corrected chi connectivity index (χ3v) is 5.77. The summed E-state index contributed by atoms with van der Waals surface area (Å²) < 4.78 is 1.70. The molecule has 1 aliphatic heterocycles. The summed E-state index contributed by atoms with van der Waals surface area (Å²) in [5, 5.41) is 18.7. The second-order valence-electron chi connectivity index (χ2n) is 6.39. The maximum Gasteiger partial charge on any atom is 0.270 e. The molecule has 3 aromatic rings. The van der Waals surface area contributed by atoms with Crippen molar-refractivity contribution in [3.8, 4) is 5.69 Å². The van der Waals surface area contributed by atoms with Crippen LogP contribution in [0.3, 0.4) is 0 Å². The number of hydrogen-bond acceptors (Lipinski definition) is 5. The van der Waals surface area contributed by atoms with Gasteiger partial charge in [0.25, 0.3) is 11.6 Å². The lowest BCUT2D eigenvalue weighted by Gasteiger charge is -2.12. The highest BCUT2D eigenvalue weighted by Gasteiger charge is 2.26. The normalized spacial score (nSPS) is 12.6. The Kier molecular flexibility index (Phi) is 4.82. The van der Waals surface area contributed by atoms with E-state index in [2.05, 4.69) is 10.4 Å². The number of halogens is 1. The zero-order chi connectivity index (χ0) is 19.8. The second-order valence-corrected chi connectivity index (χ2v) is 7.78. The lowest BCUT2D eigenvalue weighted by atomic mass is 10.1. The predicted molar refractivity (Wildman–Crippen MR) is 109 cm³/mol. The first kappa shape index (κ1) is 18.5. The van der Waals surface area contributed by atoms with E-state index in [4.69, 9.17) is 11.6 Å². The van der Waals surface area contributed by atoms with Crippen molar-refractivity contribution in [3.05, 3.63) is 80.0 Å². The van der Waals surface area contributed by atoms with Crippen molar-refractivity contribution in [2.45, 2.75) is 18.4 Å². The van der Waals surface area contributed by atoms with Crippen molar-refractivity contribution in [1.29, 1.82) is 0 Å². The maximum atomic E-state index is 12.9. The van der Waals surface area contributed by atoms with Crippen LogP contribution in [0.15, 0.2) is 42.5 Å². The average Bonchev–Trinajstić information content (AvgIpc) is 3.25. The van der Waals surface area contributed by atoms with Crippen LogP contribution in [0.4, 0.5) is 11.5 Å². The molecule has 0 bridgehead atoms. The van der Waals surface area contributed by atoms with Crippen molar-refractivity contribution in [2.75, 3.05) is 5.32 Å². The Morgan fingerprint density at radius 2 is 2.00 bits per heavy atom. The first-order valence-corrected chi connectivity index (χ1v) is 9.98. The SMILES string of the molecule is Cc1ccc(-n2nc3c(c2NC(=O)c2cc([N+](=O)[O-])ccc2Cl)CSC3)cc1. The van der Waals surface area contributed by atoms with Crippen LogP contribution < -0.4 is 5.32 Å². The number of non-ortho nitro benzene ring substituents is 1. The summed E-state index contributed by atoms with van der Waals surface area (Å²) >= 11 is 7.84. The number of nitrogens with one attached hydrogen (secondary N) is 1. The molecule has 142 valence electrons. The number of carbonyl (C=O) groups is 1. The molecule has 1 amide bonds. The standard InChI is InChI=1S/C19H15ClN4O3S/c1-11-2-4-12(5-3-11)23-18(15-9-28-10-17(15)22-23)21-19(25)14-8-13(24(26)27)6-7-16(14)20/h2-8H,9-10H2,1H3,(H,21,25). The van der Waals surface area contributed by atoms with Crippen LogP contribution in [-0.4, -0.2) is 20.6 Å². The Labute approximate surface area is 169 Å². The number of fused-ring (bicyclic) bond motifs is 1. The second kappa shape index (κ2) is 7.29. The van der Waals surface area contributed by atoms with Gasteiger partial charge in [0.15, 0.2) is 0 Å². The van der Waals surface area contributed by atoms with E-state index in [0.29, 0.717) is 5.82 Å². The minimum Gasteiger partial charge on any atom is -0.306 e. The summed E-state index contributed by atoms with van der Waals surface area (Å²) in [7, 11) is 0. The molecule has 0 saturated heterocycles. The number of hydrogen-bond donors (Lipinski definition) is 1. The highest BCUT2D eigenvalue weighted by molar-refractivity contribution is 7.98. The number of aryl methyl sites for hydroxylation is 1. The van der Waals surface area contributed by atoms with E-state index in [9.17, 15) is 14.9 Å². The fourth-order valence-electron chi connectivity index (χ4n) is 2.99. The number of nitro groups is 1. The van der Waals surface area contributed by atoms with E-state index in [1.54, 1.807) is 16.4 Å². The molecule has 1 N–H and O–H groups in total. The molecule has 2 aromatic carbocycles. The zero-order valence-corrected chi connectivity index (χ0v) is 16.4. The summed E-state index contributed by atoms with van der Waals surface area (Å²) in [4.78, 5) is 23.4. The van der Waals surface area contributed by atoms with Gasteiger partial charge in [-0.1, -0.05) is 29.3 Å². The molecule has 0 fully saturated rings. The molecule has 0 saturated carbocycles. The fraction of sp³-hybridized carbons (Fsp3) is 0.158. The van der Waals surface area contributed by atoms with Gasteiger partial charge in [-0.05, 0) is 25.1 Å². The molecule has 1 aromatic heterocycles. The Balaban J connectivity index is 1.74. The topological polar surface area (TPSA) is 90.1 Å². The maximum absolute atomic E-state index is 12.9. The van der Waals surface area contributed by atoms with Crippen LogP contribution in [-0.2, 0) is 11.5 Å². The number of amides is 1. The van der Waals surface area contributed by atoms with Crippen LogP contribution in [0.2, 0.25) is 5.02 Å². The molecule has 0 radical (unpaired) electrons. The van der Waals surface area contributed by atoms with E-state index in [1.807, 2.05) is 31.2 Å². The van der Waals surface area contributed by atoms with Crippen molar-refractivity contribution in [1.82, 2.24) is 9.78 Å². The van der Waals surface area contributed by atoms with Crippen molar-refractivity contribution < 1.29 is 9.72 Å². The summed E-state index contributed by atoms with van der Waals surface area (Å²) in [6, 6.07) is 11.6. The largest absolute Gasteiger partial charge is 0.306 e. The number of thioether (sulfide) groups is 1. The minimum atomic E-state index is -0.558. The van der Waals surface area contributed by atoms with Gasteiger partial charge in [0.1, 0.15) is 5.82 Å². The number of aromatic nitrogens is 2. The average molecular weight is 415 g/mol. The Hall–Kier alpha value is -2.84. The molecule has 0 spiro atoms. The van der Waals surface area contributed by atoms with E-state index in [1.165, 1.54) is 18.2 Å². The van der Waals surface area contributed by atoms with Crippen molar-refractivity contribution >= 4 is 40.8 Å². The minimum absolute atomic E-state index is 0.0481. The third-order valence-electron chi connectivity index (χ3n) is 4.47. The number of anilines is 1. The quantitative estimate of drug-likeness (QED) is 0.491. The lowest BCUT2D eigenvalue weighted by Crippen LogP contribution is -2.17. The number of carbonyl (C=O) groups excluding carboxylic acids is 1. The van der Waals surface area contributed by atoms with Crippen LogP contribution >= 0.6 is 23.4 Å². The summed E-state index contributed by atoms with van der Waals surface area (Å²) in [6.45, 7) is 2.00. The van der Waals surface area contributed by atoms with Gasteiger partial charge in [-0.25, -0.2) is 4.68 Å². The molecule has 4 rings (SSSR count). The van der Waals surface area contributed by atoms with Gasteiger partial charge in [-0.2, -0.15) is 16.9 Å². The molecule has 7 nitrogen and oxygen atoms in total.